The molecule has 5 rings (SSSR count). The maximum Gasteiger partial charge on any atom is 0.320 e. The minimum absolute atomic E-state index is 0.0240. The van der Waals surface area contributed by atoms with Crippen molar-refractivity contribution < 1.29 is 36.7 Å². The van der Waals surface area contributed by atoms with Gasteiger partial charge in [-0.2, -0.15) is 18.4 Å². The molecule has 1 saturated heterocycles. The summed E-state index contributed by atoms with van der Waals surface area (Å²) in [5, 5.41) is 21.5. The molecule has 2 fully saturated rings. The van der Waals surface area contributed by atoms with Crippen molar-refractivity contribution in [3.8, 4) is 6.01 Å². The standard InChI is InChI=1S/C23H28FN5O7S/c1-13-6-8-15(9-7-13)37(32,33)34-11-23(10-24)18(31)17(30)21(36-23)29-12-26-16-19(25)27-22(28-20(16)29)35-14-4-2-3-5-14/h6-9,12,14,17-18,21,30-31H,2-5,10-11H2,1H3,(H2,25,27,28)/t17-,18+,21-,23+/m1/s1. The Hall–Kier alpha value is -2.91. The molecule has 1 aliphatic heterocycles. The number of nitrogens with zero attached hydrogens (tertiary/aromatic N) is 4. The average molecular weight is 538 g/mol. The van der Waals surface area contributed by atoms with E-state index in [-0.39, 0.29) is 34.0 Å². The molecule has 4 N–H and O–H groups in total. The SMILES string of the molecule is Cc1ccc(S(=O)(=O)OC[C@]2(CF)O[C@@H](n3cnc4c(N)nc(OC5CCCC5)nc43)[C@H](O)[C@@H]2O)cc1. The first kappa shape index (κ1) is 25.7. The van der Waals surface area contributed by atoms with Gasteiger partial charge in [0, 0.05) is 0 Å². The second-order valence-corrected chi connectivity index (χ2v) is 11.0. The van der Waals surface area contributed by atoms with Crippen LogP contribution in [0.25, 0.3) is 11.2 Å². The number of alkyl halides is 1. The molecule has 0 amide bonds. The molecule has 12 nitrogen and oxygen atoms in total. The Bertz CT molecular complexity index is 1380. The molecule has 3 heterocycles. The van der Waals surface area contributed by atoms with Crippen molar-refractivity contribution in [1.29, 1.82) is 0 Å². The molecule has 3 aromatic rings. The number of rotatable bonds is 8. The van der Waals surface area contributed by atoms with Gasteiger partial charge in [0.05, 0.1) is 11.2 Å². The quantitative estimate of drug-likeness (QED) is 0.355. The van der Waals surface area contributed by atoms with Crippen LogP contribution in [0.4, 0.5) is 10.2 Å². The summed E-state index contributed by atoms with van der Waals surface area (Å²) >= 11 is 0. The first-order valence-electron chi connectivity index (χ1n) is 11.9. The number of aromatic nitrogens is 4. The molecule has 200 valence electrons. The van der Waals surface area contributed by atoms with Gasteiger partial charge in [0.2, 0.25) is 0 Å². The number of hydrogen-bond acceptors (Lipinski definition) is 11. The minimum atomic E-state index is -4.29. The molecule has 0 spiro atoms. The van der Waals surface area contributed by atoms with Gasteiger partial charge in [-0.05, 0) is 44.7 Å². The Balaban J connectivity index is 1.41. The topological polar surface area (TPSA) is 172 Å². The highest BCUT2D eigenvalue weighted by Gasteiger charge is 2.56. The van der Waals surface area contributed by atoms with E-state index in [4.69, 9.17) is 19.4 Å². The highest BCUT2D eigenvalue weighted by Crippen LogP contribution is 2.40. The summed E-state index contributed by atoms with van der Waals surface area (Å²) in [6, 6.07) is 5.90. The van der Waals surface area contributed by atoms with Gasteiger partial charge in [-0.3, -0.25) is 8.75 Å². The van der Waals surface area contributed by atoms with Crippen molar-refractivity contribution in [3.63, 3.8) is 0 Å². The number of hydrogen-bond donors (Lipinski definition) is 3. The van der Waals surface area contributed by atoms with Crippen molar-refractivity contribution in [1.82, 2.24) is 19.5 Å². The first-order chi connectivity index (χ1) is 17.6. The van der Waals surface area contributed by atoms with E-state index in [1.54, 1.807) is 19.1 Å². The predicted molar refractivity (Wildman–Crippen MR) is 128 cm³/mol. The normalized spacial score (nSPS) is 26.8. The average Bonchev–Trinajstić information content (AvgIpc) is 3.59. The van der Waals surface area contributed by atoms with Crippen LogP contribution < -0.4 is 10.5 Å². The van der Waals surface area contributed by atoms with E-state index >= 15 is 0 Å². The third-order valence-electron chi connectivity index (χ3n) is 6.78. The van der Waals surface area contributed by atoms with Gasteiger partial charge in [-0.25, -0.2) is 9.37 Å². The number of nitrogen functional groups attached to an aromatic ring is 1. The van der Waals surface area contributed by atoms with Crippen LogP contribution in [-0.4, -0.2) is 75.3 Å². The third-order valence-corrected chi connectivity index (χ3v) is 8.06. The van der Waals surface area contributed by atoms with Gasteiger partial charge >= 0.3 is 6.01 Å². The number of anilines is 1. The molecular formula is C23H28FN5O7S. The van der Waals surface area contributed by atoms with E-state index in [0.717, 1.165) is 31.2 Å². The summed E-state index contributed by atoms with van der Waals surface area (Å²) < 4.78 is 57.6. The predicted octanol–water partition coefficient (Wildman–Crippen LogP) is 1.40. The van der Waals surface area contributed by atoms with Crippen LogP contribution in [0.1, 0.15) is 37.5 Å². The van der Waals surface area contributed by atoms with Crippen LogP contribution in [-0.2, 0) is 19.0 Å². The fourth-order valence-electron chi connectivity index (χ4n) is 4.60. The summed E-state index contributed by atoms with van der Waals surface area (Å²) in [4.78, 5) is 12.5. The number of aliphatic hydroxyl groups excluding tert-OH is 2. The Morgan fingerprint density at radius 2 is 1.92 bits per heavy atom. The maximum absolute atomic E-state index is 14.3. The summed E-state index contributed by atoms with van der Waals surface area (Å²) in [7, 11) is -4.29. The highest BCUT2D eigenvalue weighted by atomic mass is 32.2. The van der Waals surface area contributed by atoms with Gasteiger partial charge in [0.1, 0.15) is 31.6 Å². The third kappa shape index (κ3) is 4.75. The van der Waals surface area contributed by atoms with Crippen LogP contribution in [0.15, 0.2) is 35.5 Å². The Morgan fingerprint density at radius 1 is 1.22 bits per heavy atom. The Morgan fingerprint density at radius 3 is 2.59 bits per heavy atom. The van der Waals surface area contributed by atoms with E-state index in [1.807, 2.05) is 0 Å². The number of halogens is 1. The minimum Gasteiger partial charge on any atom is -0.460 e. The molecule has 1 aromatic carbocycles. The lowest BCUT2D eigenvalue weighted by atomic mass is 9.98. The number of aliphatic hydroxyl groups is 2. The number of fused-ring (bicyclic) bond motifs is 1. The van der Waals surface area contributed by atoms with Crippen molar-refractivity contribution in [2.24, 2.45) is 0 Å². The van der Waals surface area contributed by atoms with Gasteiger partial charge in [0.15, 0.2) is 28.8 Å². The maximum atomic E-state index is 14.3. The second kappa shape index (κ2) is 9.76. The van der Waals surface area contributed by atoms with Crippen LogP contribution in [0.5, 0.6) is 6.01 Å². The summed E-state index contributed by atoms with van der Waals surface area (Å²) in [6.45, 7) is -0.430. The highest BCUT2D eigenvalue weighted by molar-refractivity contribution is 7.86. The summed E-state index contributed by atoms with van der Waals surface area (Å²) in [6.07, 6.45) is 0.124. The number of ether oxygens (including phenoxy) is 2. The number of imidazole rings is 1. The molecule has 14 heteroatoms. The van der Waals surface area contributed by atoms with Gasteiger partial charge in [-0.15, -0.1) is 0 Å². The van der Waals surface area contributed by atoms with Crippen molar-refractivity contribution >= 4 is 27.1 Å². The van der Waals surface area contributed by atoms with Crippen molar-refractivity contribution in [2.75, 3.05) is 19.0 Å². The van der Waals surface area contributed by atoms with E-state index in [1.165, 1.54) is 23.0 Å². The molecular weight excluding hydrogens is 509 g/mol. The molecule has 2 aliphatic rings. The molecule has 0 radical (unpaired) electrons. The van der Waals surface area contributed by atoms with E-state index in [0.29, 0.717) is 0 Å². The molecule has 37 heavy (non-hydrogen) atoms. The van der Waals surface area contributed by atoms with Crippen LogP contribution >= 0.6 is 0 Å². The zero-order chi connectivity index (χ0) is 26.4. The zero-order valence-electron chi connectivity index (χ0n) is 20.0. The van der Waals surface area contributed by atoms with E-state index in [2.05, 4.69) is 15.0 Å². The fraction of sp³-hybridized carbons (Fsp3) is 0.522. The van der Waals surface area contributed by atoms with Gasteiger partial charge in [-0.1, -0.05) is 17.7 Å². The molecule has 0 unspecified atom stereocenters. The number of benzene rings is 1. The lowest BCUT2D eigenvalue weighted by Crippen LogP contribution is -2.49. The first-order valence-corrected chi connectivity index (χ1v) is 13.3. The lowest BCUT2D eigenvalue weighted by molar-refractivity contribution is -0.131. The zero-order valence-corrected chi connectivity index (χ0v) is 20.8. The van der Waals surface area contributed by atoms with Gasteiger partial charge < -0.3 is 25.4 Å². The molecule has 4 atom stereocenters. The molecule has 1 aliphatic carbocycles. The van der Waals surface area contributed by atoms with Crippen LogP contribution in [0.3, 0.4) is 0 Å². The second-order valence-electron chi connectivity index (χ2n) is 9.41. The molecule has 0 bridgehead atoms. The summed E-state index contributed by atoms with van der Waals surface area (Å²) in [5.74, 6) is 0.0362. The Kier molecular flexibility index (Phi) is 6.79. The molecule has 2 aromatic heterocycles. The van der Waals surface area contributed by atoms with Gasteiger partial charge in [0.25, 0.3) is 10.1 Å². The van der Waals surface area contributed by atoms with E-state index < -0.39 is 47.4 Å². The number of aryl methyl sites for hydroxylation is 1. The Labute approximate surface area is 212 Å². The van der Waals surface area contributed by atoms with Crippen molar-refractivity contribution in [2.45, 2.75) is 67.6 Å². The smallest absolute Gasteiger partial charge is 0.320 e. The lowest BCUT2D eigenvalue weighted by Gasteiger charge is -2.28. The molecule has 1 saturated carbocycles. The largest absolute Gasteiger partial charge is 0.460 e. The van der Waals surface area contributed by atoms with E-state index in [9.17, 15) is 23.0 Å². The fourth-order valence-corrected chi connectivity index (χ4v) is 5.56. The monoisotopic (exact) mass is 537 g/mol. The number of nitrogens with two attached hydrogens (primary N) is 1. The van der Waals surface area contributed by atoms with Crippen LogP contribution in [0.2, 0.25) is 0 Å². The summed E-state index contributed by atoms with van der Waals surface area (Å²) in [5.41, 5.74) is 5.03. The van der Waals surface area contributed by atoms with Crippen LogP contribution in [0, 0.1) is 6.92 Å². The van der Waals surface area contributed by atoms with Crippen molar-refractivity contribution in [3.05, 3.63) is 36.2 Å².